The van der Waals surface area contributed by atoms with Gasteiger partial charge in [-0.15, -0.1) is 0 Å². The normalized spacial score (nSPS) is 27.9. The Hall–Kier alpha value is -0.820. The van der Waals surface area contributed by atoms with Gasteiger partial charge in [-0.05, 0) is 19.8 Å². The van der Waals surface area contributed by atoms with E-state index in [1.807, 2.05) is 0 Å². The lowest BCUT2D eigenvalue weighted by Crippen LogP contribution is -2.57. The van der Waals surface area contributed by atoms with Crippen LogP contribution in [0, 0.1) is 0 Å². The third-order valence-electron chi connectivity index (χ3n) is 2.97. The molecule has 1 rings (SSSR count). The van der Waals surface area contributed by atoms with Crippen molar-refractivity contribution >= 4 is 5.91 Å². The molecule has 0 aromatic carbocycles. The first-order chi connectivity index (χ1) is 8.20. The maximum Gasteiger partial charge on any atom is 0.404 e. The Balaban J connectivity index is 2.69. The summed E-state index contributed by atoms with van der Waals surface area (Å²) in [6.07, 6.45) is -4.87. The van der Waals surface area contributed by atoms with E-state index >= 15 is 0 Å². The summed E-state index contributed by atoms with van der Waals surface area (Å²) >= 11 is 0. The zero-order chi connectivity index (χ0) is 13.9. The summed E-state index contributed by atoms with van der Waals surface area (Å²) in [7, 11) is 0. The van der Waals surface area contributed by atoms with E-state index in [9.17, 15) is 23.1 Å². The maximum atomic E-state index is 12.8. The molecule has 4 nitrogen and oxygen atoms in total. The molecule has 1 saturated heterocycles. The van der Waals surface area contributed by atoms with Gasteiger partial charge in [0.25, 0.3) is 0 Å². The highest BCUT2D eigenvalue weighted by Gasteiger charge is 2.46. The molecule has 3 atom stereocenters. The smallest absolute Gasteiger partial charge is 0.392 e. The fourth-order valence-corrected chi connectivity index (χ4v) is 2.36. The molecular weight excluding hydrogens is 249 g/mol. The van der Waals surface area contributed by atoms with Crippen LogP contribution in [-0.2, 0) is 4.79 Å². The molecule has 0 aliphatic carbocycles. The number of rotatable bonds is 3. The van der Waals surface area contributed by atoms with Crippen LogP contribution in [0.15, 0.2) is 0 Å². The molecule has 3 unspecified atom stereocenters. The Labute approximate surface area is 104 Å². The molecule has 18 heavy (non-hydrogen) atoms. The minimum absolute atomic E-state index is 0.0414. The van der Waals surface area contributed by atoms with Crippen LogP contribution in [0.3, 0.4) is 0 Å². The highest BCUT2D eigenvalue weighted by Crippen LogP contribution is 2.31. The summed E-state index contributed by atoms with van der Waals surface area (Å²) in [6, 6.07) is -1.81. The molecule has 0 bridgehead atoms. The van der Waals surface area contributed by atoms with Crippen molar-refractivity contribution in [1.29, 1.82) is 0 Å². The van der Waals surface area contributed by atoms with Gasteiger partial charge in [0.05, 0.1) is 6.10 Å². The number of hydrogen-bond donors (Lipinski definition) is 2. The predicted molar refractivity (Wildman–Crippen MR) is 59.9 cm³/mol. The Bertz CT molecular complexity index is 295. The van der Waals surface area contributed by atoms with Crippen LogP contribution in [0.4, 0.5) is 13.2 Å². The summed E-state index contributed by atoms with van der Waals surface area (Å²) in [6.45, 7) is 2.87. The van der Waals surface area contributed by atoms with E-state index in [-0.39, 0.29) is 31.5 Å². The lowest BCUT2D eigenvalue weighted by Gasteiger charge is -2.41. The molecule has 1 heterocycles. The summed E-state index contributed by atoms with van der Waals surface area (Å²) in [5.74, 6) is -0.248. The number of carbonyl (C=O) groups is 1. The van der Waals surface area contributed by atoms with Crippen molar-refractivity contribution in [3.05, 3.63) is 0 Å². The molecule has 1 fully saturated rings. The molecule has 0 spiro atoms. The second-order valence-electron chi connectivity index (χ2n) is 4.84. The van der Waals surface area contributed by atoms with Gasteiger partial charge in [-0.25, -0.2) is 0 Å². The maximum absolute atomic E-state index is 12.8. The lowest BCUT2D eigenvalue weighted by atomic mass is 9.97. The van der Waals surface area contributed by atoms with Crippen LogP contribution >= 0.6 is 0 Å². The van der Waals surface area contributed by atoms with Crippen LogP contribution in [-0.4, -0.2) is 53.4 Å². The highest BCUT2D eigenvalue weighted by atomic mass is 19.4. The fourth-order valence-electron chi connectivity index (χ4n) is 2.36. The van der Waals surface area contributed by atoms with Gasteiger partial charge in [-0.1, -0.05) is 0 Å². The van der Waals surface area contributed by atoms with Crippen LogP contribution < -0.4 is 5.32 Å². The third-order valence-corrected chi connectivity index (χ3v) is 2.97. The molecule has 0 radical (unpaired) electrons. The standard InChI is InChI=1S/C11H19F3N2O2/c1-7(17)5-16-6-9(15-8(2)18)3-4-10(16)11(12,13)14/h7,9-10,17H,3-6H2,1-2H3,(H,15,18). The number of β-amino-alcohol motifs (C(OH)–C–C–N with tert-alkyl or cyclic N) is 1. The first-order valence-electron chi connectivity index (χ1n) is 5.96. The first kappa shape index (κ1) is 15.2. The number of carbonyl (C=O) groups excluding carboxylic acids is 1. The van der Waals surface area contributed by atoms with Crippen molar-refractivity contribution in [2.24, 2.45) is 0 Å². The SMILES string of the molecule is CC(=O)NC1CCC(C(F)(F)F)N(CC(C)O)C1. The van der Waals surface area contributed by atoms with E-state index in [0.717, 1.165) is 0 Å². The summed E-state index contributed by atoms with van der Waals surface area (Å²) in [5.41, 5.74) is 0. The van der Waals surface area contributed by atoms with Gasteiger partial charge in [-0.3, -0.25) is 9.69 Å². The Morgan fingerprint density at radius 3 is 2.56 bits per heavy atom. The molecule has 1 aliphatic rings. The van der Waals surface area contributed by atoms with Crippen LogP contribution in [0.1, 0.15) is 26.7 Å². The predicted octanol–water partition coefficient (Wildman–Crippen LogP) is 0.899. The molecule has 106 valence electrons. The van der Waals surface area contributed by atoms with E-state index in [1.54, 1.807) is 0 Å². The molecule has 2 N–H and O–H groups in total. The molecule has 1 aliphatic heterocycles. The average molecular weight is 268 g/mol. The number of aliphatic hydroxyl groups excluding tert-OH is 1. The zero-order valence-electron chi connectivity index (χ0n) is 10.5. The van der Waals surface area contributed by atoms with E-state index in [4.69, 9.17) is 0 Å². The van der Waals surface area contributed by atoms with Crippen molar-refractivity contribution in [2.45, 2.75) is 51.1 Å². The number of halogens is 3. The van der Waals surface area contributed by atoms with Crippen molar-refractivity contribution in [2.75, 3.05) is 13.1 Å². The monoisotopic (exact) mass is 268 g/mol. The summed E-state index contributed by atoms with van der Waals surface area (Å²) in [4.78, 5) is 12.1. The van der Waals surface area contributed by atoms with Gasteiger partial charge in [0.1, 0.15) is 6.04 Å². The Morgan fingerprint density at radius 2 is 2.11 bits per heavy atom. The van der Waals surface area contributed by atoms with Crippen LogP contribution in [0.25, 0.3) is 0 Å². The molecule has 7 heteroatoms. The molecule has 0 aromatic rings. The second kappa shape index (κ2) is 5.88. The Morgan fingerprint density at radius 1 is 1.50 bits per heavy atom. The zero-order valence-corrected chi connectivity index (χ0v) is 10.5. The van der Waals surface area contributed by atoms with Crippen molar-refractivity contribution in [3.8, 4) is 0 Å². The number of nitrogens with one attached hydrogen (secondary N) is 1. The van der Waals surface area contributed by atoms with Crippen LogP contribution in [0.5, 0.6) is 0 Å². The van der Waals surface area contributed by atoms with Gasteiger partial charge < -0.3 is 10.4 Å². The number of alkyl halides is 3. The first-order valence-corrected chi connectivity index (χ1v) is 5.96. The summed E-state index contributed by atoms with van der Waals surface area (Å²) < 4.78 is 38.5. The number of piperidine rings is 1. The van der Waals surface area contributed by atoms with Crippen molar-refractivity contribution in [1.82, 2.24) is 10.2 Å². The topological polar surface area (TPSA) is 52.6 Å². The number of amides is 1. The Kier molecular flexibility index (Phi) is 4.98. The van der Waals surface area contributed by atoms with Gasteiger partial charge in [-0.2, -0.15) is 13.2 Å². The lowest BCUT2D eigenvalue weighted by molar-refractivity contribution is -0.195. The third kappa shape index (κ3) is 4.45. The minimum Gasteiger partial charge on any atom is -0.392 e. The van der Waals surface area contributed by atoms with Crippen molar-refractivity contribution < 1.29 is 23.1 Å². The van der Waals surface area contributed by atoms with E-state index in [0.29, 0.717) is 6.42 Å². The minimum atomic E-state index is -4.30. The van der Waals surface area contributed by atoms with Crippen LogP contribution in [0.2, 0.25) is 0 Å². The van der Waals surface area contributed by atoms with Gasteiger partial charge in [0, 0.05) is 26.1 Å². The second-order valence-corrected chi connectivity index (χ2v) is 4.84. The largest absolute Gasteiger partial charge is 0.404 e. The number of nitrogens with zero attached hydrogens (tertiary/aromatic N) is 1. The van der Waals surface area contributed by atoms with E-state index in [2.05, 4.69) is 5.32 Å². The van der Waals surface area contributed by atoms with E-state index in [1.165, 1.54) is 18.7 Å². The van der Waals surface area contributed by atoms with E-state index < -0.39 is 18.3 Å². The molecule has 0 aromatic heterocycles. The molecule has 1 amide bonds. The van der Waals surface area contributed by atoms with Gasteiger partial charge in [0.2, 0.25) is 5.91 Å². The molecular formula is C11H19F3N2O2. The highest BCUT2D eigenvalue weighted by molar-refractivity contribution is 5.73. The quantitative estimate of drug-likeness (QED) is 0.799. The van der Waals surface area contributed by atoms with Crippen molar-refractivity contribution in [3.63, 3.8) is 0 Å². The molecule has 0 saturated carbocycles. The van der Waals surface area contributed by atoms with Gasteiger partial charge >= 0.3 is 6.18 Å². The summed E-state index contributed by atoms with van der Waals surface area (Å²) in [5, 5.41) is 11.9. The number of aliphatic hydroxyl groups is 1. The number of likely N-dealkylation sites (tertiary alicyclic amines) is 1. The van der Waals surface area contributed by atoms with Gasteiger partial charge in [0.15, 0.2) is 0 Å². The number of hydrogen-bond acceptors (Lipinski definition) is 3. The average Bonchev–Trinajstić information content (AvgIpc) is 2.13. The fraction of sp³-hybridized carbons (Fsp3) is 0.909.